The molecule has 124 valence electrons. The highest BCUT2D eigenvalue weighted by Crippen LogP contribution is 2.34. The molecule has 2 heterocycles. The summed E-state index contributed by atoms with van der Waals surface area (Å²) in [5, 5.41) is 6.77. The van der Waals surface area contributed by atoms with Crippen LogP contribution in [0, 0.1) is 0 Å². The van der Waals surface area contributed by atoms with E-state index in [-0.39, 0.29) is 17.7 Å². The summed E-state index contributed by atoms with van der Waals surface area (Å²) >= 11 is 6.00. The van der Waals surface area contributed by atoms with Gasteiger partial charge in [-0.05, 0) is 35.4 Å². The topological polar surface area (TPSA) is 45.8 Å². The van der Waals surface area contributed by atoms with Crippen LogP contribution in [0.25, 0.3) is 0 Å². The first kappa shape index (κ1) is 15.7. The minimum Gasteiger partial charge on any atom is -0.459 e. The highest BCUT2D eigenvalue weighted by atomic mass is 35.5. The molecular formula is C20H15ClN2O2. The third-order valence-corrected chi connectivity index (χ3v) is 4.46. The fourth-order valence-electron chi connectivity index (χ4n) is 2.96. The van der Waals surface area contributed by atoms with Crippen LogP contribution in [0.1, 0.15) is 34.1 Å². The lowest BCUT2D eigenvalue weighted by Gasteiger charge is -2.21. The van der Waals surface area contributed by atoms with Crippen molar-refractivity contribution in [3.8, 4) is 0 Å². The van der Waals surface area contributed by atoms with Gasteiger partial charge in [0.25, 0.3) is 0 Å². The Morgan fingerprint density at radius 3 is 2.48 bits per heavy atom. The zero-order valence-corrected chi connectivity index (χ0v) is 14.1. The highest BCUT2D eigenvalue weighted by Gasteiger charge is 2.34. The van der Waals surface area contributed by atoms with Crippen molar-refractivity contribution in [3.63, 3.8) is 0 Å². The lowest BCUT2D eigenvalue weighted by molar-refractivity contribution is 0.0678. The molecule has 1 aromatic heterocycles. The molecule has 0 aliphatic carbocycles. The van der Waals surface area contributed by atoms with Crippen LogP contribution < -0.4 is 0 Å². The van der Waals surface area contributed by atoms with Gasteiger partial charge in [-0.2, -0.15) is 5.10 Å². The third kappa shape index (κ3) is 3.08. The molecule has 0 unspecified atom stereocenters. The Labute approximate surface area is 150 Å². The fraction of sp³-hybridized carbons (Fsp3) is 0.100. The molecule has 0 saturated carbocycles. The van der Waals surface area contributed by atoms with Gasteiger partial charge in [-0.1, -0.05) is 54.1 Å². The predicted molar refractivity (Wildman–Crippen MR) is 96.7 cm³/mol. The number of hydrazone groups is 1. The van der Waals surface area contributed by atoms with E-state index in [0.29, 0.717) is 11.4 Å². The molecule has 1 atom stereocenters. The number of hydrogen-bond acceptors (Lipinski definition) is 3. The summed E-state index contributed by atoms with van der Waals surface area (Å²) in [7, 11) is 0. The van der Waals surface area contributed by atoms with Crippen LogP contribution in [0.4, 0.5) is 0 Å². The van der Waals surface area contributed by atoms with Crippen molar-refractivity contribution in [3.05, 3.63) is 94.9 Å². The van der Waals surface area contributed by atoms with Crippen molar-refractivity contribution in [2.24, 2.45) is 5.10 Å². The first-order valence-electron chi connectivity index (χ1n) is 7.98. The molecule has 0 bridgehead atoms. The molecule has 1 aliphatic heterocycles. The van der Waals surface area contributed by atoms with Crippen molar-refractivity contribution < 1.29 is 9.21 Å². The van der Waals surface area contributed by atoms with E-state index >= 15 is 0 Å². The minimum atomic E-state index is -0.254. The SMILES string of the molecule is O=C(c1ccco1)N1N=C(c2ccccc2)C[C@@H]1c1ccc(Cl)cc1. The van der Waals surface area contributed by atoms with E-state index in [0.717, 1.165) is 16.8 Å². The van der Waals surface area contributed by atoms with Gasteiger partial charge in [0.2, 0.25) is 0 Å². The maximum Gasteiger partial charge on any atom is 0.310 e. The Balaban J connectivity index is 1.72. The summed E-state index contributed by atoms with van der Waals surface area (Å²) < 4.78 is 5.27. The van der Waals surface area contributed by atoms with Crippen molar-refractivity contribution in [2.45, 2.75) is 12.5 Å². The molecule has 0 spiro atoms. The molecule has 4 rings (SSSR count). The Bertz CT molecular complexity index is 903. The summed E-state index contributed by atoms with van der Waals surface area (Å²) in [6, 6.07) is 20.6. The van der Waals surface area contributed by atoms with Gasteiger partial charge in [-0.3, -0.25) is 4.79 Å². The van der Waals surface area contributed by atoms with Gasteiger partial charge in [0.1, 0.15) is 0 Å². The molecule has 0 radical (unpaired) electrons. The van der Waals surface area contributed by atoms with Crippen LogP contribution in [0.2, 0.25) is 5.02 Å². The van der Waals surface area contributed by atoms with E-state index in [9.17, 15) is 4.79 Å². The quantitative estimate of drug-likeness (QED) is 0.672. The van der Waals surface area contributed by atoms with Gasteiger partial charge in [0, 0.05) is 11.4 Å². The molecule has 1 aliphatic rings. The number of furan rings is 1. The monoisotopic (exact) mass is 350 g/mol. The van der Waals surface area contributed by atoms with Crippen LogP contribution in [-0.2, 0) is 0 Å². The van der Waals surface area contributed by atoms with Crippen LogP contribution in [0.5, 0.6) is 0 Å². The Morgan fingerprint density at radius 2 is 1.80 bits per heavy atom. The molecule has 4 nitrogen and oxygen atoms in total. The van der Waals surface area contributed by atoms with Gasteiger partial charge in [-0.25, -0.2) is 5.01 Å². The Kier molecular flexibility index (Phi) is 4.12. The van der Waals surface area contributed by atoms with Crippen molar-refractivity contribution in [2.75, 3.05) is 0 Å². The summed E-state index contributed by atoms with van der Waals surface area (Å²) in [4.78, 5) is 12.8. The maximum absolute atomic E-state index is 12.8. The second kappa shape index (κ2) is 6.57. The number of nitrogens with zero attached hydrogens (tertiary/aromatic N) is 2. The molecule has 0 N–H and O–H groups in total. The van der Waals surface area contributed by atoms with E-state index < -0.39 is 0 Å². The largest absolute Gasteiger partial charge is 0.459 e. The lowest BCUT2D eigenvalue weighted by atomic mass is 9.98. The van der Waals surface area contributed by atoms with Crippen LogP contribution in [-0.4, -0.2) is 16.6 Å². The zero-order valence-electron chi connectivity index (χ0n) is 13.3. The summed E-state index contributed by atoms with van der Waals surface area (Å²) in [5.74, 6) is 0.0212. The van der Waals surface area contributed by atoms with E-state index in [1.165, 1.54) is 11.3 Å². The van der Waals surface area contributed by atoms with Crippen LogP contribution >= 0.6 is 11.6 Å². The number of benzene rings is 2. The summed E-state index contributed by atoms with van der Waals surface area (Å²) in [6.07, 6.45) is 2.13. The average molecular weight is 351 g/mol. The second-order valence-corrected chi connectivity index (χ2v) is 6.25. The predicted octanol–water partition coefficient (Wildman–Crippen LogP) is 4.92. The van der Waals surface area contributed by atoms with Gasteiger partial charge in [0.05, 0.1) is 18.0 Å². The molecular weight excluding hydrogens is 336 g/mol. The number of amides is 1. The van der Waals surface area contributed by atoms with E-state index in [1.54, 1.807) is 12.1 Å². The maximum atomic E-state index is 12.8. The van der Waals surface area contributed by atoms with Gasteiger partial charge in [-0.15, -0.1) is 0 Å². The number of rotatable bonds is 3. The highest BCUT2D eigenvalue weighted by molar-refractivity contribution is 6.30. The molecule has 2 aromatic carbocycles. The number of carbonyl (C=O) groups is 1. The van der Waals surface area contributed by atoms with Crippen LogP contribution in [0.3, 0.4) is 0 Å². The second-order valence-electron chi connectivity index (χ2n) is 5.81. The minimum absolute atomic E-state index is 0.190. The third-order valence-electron chi connectivity index (χ3n) is 4.21. The normalized spacial score (nSPS) is 16.8. The van der Waals surface area contributed by atoms with Crippen LogP contribution in [0.15, 0.2) is 82.5 Å². The van der Waals surface area contributed by atoms with Crippen molar-refractivity contribution in [1.29, 1.82) is 0 Å². The van der Waals surface area contributed by atoms with Crippen molar-refractivity contribution >= 4 is 23.2 Å². The van der Waals surface area contributed by atoms with Crippen molar-refractivity contribution in [1.82, 2.24) is 5.01 Å². The molecule has 25 heavy (non-hydrogen) atoms. The summed E-state index contributed by atoms with van der Waals surface area (Å²) in [5.41, 5.74) is 2.87. The molecule has 1 amide bonds. The first-order valence-corrected chi connectivity index (χ1v) is 8.35. The Morgan fingerprint density at radius 1 is 1.04 bits per heavy atom. The fourth-order valence-corrected chi connectivity index (χ4v) is 3.09. The molecule has 0 fully saturated rings. The zero-order chi connectivity index (χ0) is 17.2. The smallest absolute Gasteiger partial charge is 0.310 e. The molecule has 3 aromatic rings. The van der Waals surface area contributed by atoms with E-state index in [4.69, 9.17) is 16.0 Å². The standard InChI is InChI=1S/C20H15ClN2O2/c21-16-10-8-15(9-11-16)18-13-17(14-5-2-1-3-6-14)22-23(18)20(24)19-7-4-12-25-19/h1-12,18H,13H2/t18-/m1/s1. The first-order chi connectivity index (χ1) is 12.2. The molecule has 5 heteroatoms. The van der Waals surface area contributed by atoms with Gasteiger partial charge in [0.15, 0.2) is 5.76 Å². The summed E-state index contributed by atoms with van der Waals surface area (Å²) in [6.45, 7) is 0. The molecule has 0 saturated heterocycles. The average Bonchev–Trinajstić information content (AvgIpc) is 3.33. The van der Waals surface area contributed by atoms with E-state index in [1.807, 2.05) is 54.6 Å². The van der Waals surface area contributed by atoms with Gasteiger partial charge >= 0.3 is 5.91 Å². The Hall–Kier alpha value is -2.85. The number of carbonyl (C=O) groups excluding carboxylic acids is 1. The van der Waals surface area contributed by atoms with E-state index in [2.05, 4.69) is 5.10 Å². The van der Waals surface area contributed by atoms with Gasteiger partial charge < -0.3 is 4.42 Å². The lowest BCUT2D eigenvalue weighted by Crippen LogP contribution is -2.26. The number of halogens is 1. The number of hydrogen-bond donors (Lipinski definition) is 0.